The van der Waals surface area contributed by atoms with E-state index in [0.717, 1.165) is 19.4 Å². The van der Waals surface area contributed by atoms with Gasteiger partial charge in [0.1, 0.15) is 0 Å². The number of carbonyl (C=O) groups is 1. The van der Waals surface area contributed by atoms with E-state index in [2.05, 4.69) is 18.7 Å². The van der Waals surface area contributed by atoms with Gasteiger partial charge in [-0.15, -0.1) is 0 Å². The van der Waals surface area contributed by atoms with Crippen LogP contribution in [0.15, 0.2) is 0 Å². The Morgan fingerprint density at radius 2 is 2.07 bits per heavy atom. The maximum Gasteiger partial charge on any atom is 0.240 e. The van der Waals surface area contributed by atoms with E-state index in [1.165, 1.54) is 0 Å². The van der Waals surface area contributed by atoms with E-state index in [1.807, 2.05) is 19.0 Å². The molecule has 0 aliphatic carbocycles. The monoisotopic (exact) mass is 213 g/mol. The first-order chi connectivity index (χ1) is 6.90. The third-order valence-corrected chi connectivity index (χ3v) is 3.57. The van der Waals surface area contributed by atoms with Crippen molar-refractivity contribution in [2.75, 3.05) is 27.2 Å². The molecule has 1 saturated heterocycles. The molecule has 0 aromatic carbocycles. The second kappa shape index (κ2) is 4.49. The van der Waals surface area contributed by atoms with E-state index in [9.17, 15) is 4.79 Å². The maximum atomic E-state index is 12.2. The minimum absolute atomic E-state index is 0.0400. The predicted octanol–water partition coefficient (Wildman–Crippen LogP) is 0.276. The van der Waals surface area contributed by atoms with Crippen LogP contribution in [0.3, 0.4) is 0 Å². The van der Waals surface area contributed by atoms with Gasteiger partial charge < -0.3 is 10.6 Å². The molecular weight excluding hydrogens is 190 g/mol. The highest BCUT2D eigenvalue weighted by Crippen LogP contribution is 2.24. The zero-order valence-corrected chi connectivity index (χ0v) is 10.3. The van der Waals surface area contributed by atoms with Crippen LogP contribution in [0, 0.1) is 0 Å². The molecule has 0 radical (unpaired) electrons. The average molecular weight is 213 g/mol. The quantitative estimate of drug-likeness (QED) is 0.716. The van der Waals surface area contributed by atoms with Gasteiger partial charge in [-0.25, -0.2) is 0 Å². The fourth-order valence-electron chi connectivity index (χ4n) is 1.99. The molecule has 15 heavy (non-hydrogen) atoms. The molecule has 1 fully saturated rings. The number of nitrogens with two attached hydrogens (primary N) is 1. The lowest BCUT2D eigenvalue weighted by atomic mass is 9.99. The Balaban J connectivity index is 2.87. The Morgan fingerprint density at radius 1 is 1.47 bits per heavy atom. The molecule has 0 aromatic rings. The minimum Gasteiger partial charge on any atom is -0.339 e. The summed E-state index contributed by atoms with van der Waals surface area (Å²) in [6.07, 6.45) is 1.75. The molecule has 1 aliphatic rings. The van der Waals surface area contributed by atoms with Crippen molar-refractivity contribution >= 4 is 5.91 Å². The van der Waals surface area contributed by atoms with Crippen LogP contribution >= 0.6 is 0 Å². The van der Waals surface area contributed by atoms with Gasteiger partial charge in [0.15, 0.2) is 0 Å². The van der Waals surface area contributed by atoms with Gasteiger partial charge in [0.25, 0.3) is 0 Å². The average Bonchev–Trinajstić information content (AvgIpc) is 2.25. The molecule has 0 saturated carbocycles. The summed E-state index contributed by atoms with van der Waals surface area (Å²) in [5.41, 5.74) is 5.50. The van der Waals surface area contributed by atoms with Crippen LogP contribution in [0.25, 0.3) is 0 Å². The molecule has 1 rings (SSSR count). The smallest absolute Gasteiger partial charge is 0.240 e. The zero-order chi connectivity index (χ0) is 11.6. The topological polar surface area (TPSA) is 49.6 Å². The van der Waals surface area contributed by atoms with Gasteiger partial charge >= 0.3 is 0 Å². The van der Waals surface area contributed by atoms with Gasteiger partial charge in [0, 0.05) is 19.1 Å². The van der Waals surface area contributed by atoms with Gasteiger partial charge in [0.05, 0.1) is 6.04 Å². The summed E-state index contributed by atoms with van der Waals surface area (Å²) in [7, 11) is 3.90. The van der Waals surface area contributed by atoms with Crippen LogP contribution in [0.4, 0.5) is 0 Å². The summed E-state index contributed by atoms with van der Waals surface area (Å²) in [6.45, 7) is 5.75. The van der Waals surface area contributed by atoms with E-state index < -0.39 is 0 Å². The molecule has 4 nitrogen and oxygen atoms in total. The van der Waals surface area contributed by atoms with Crippen molar-refractivity contribution in [2.24, 2.45) is 5.73 Å². The third kappa shape index (κ3) is 2.49. The lowest BCUT2D eigenvalue weighted by Crippen LogP contribution is -2.49. The summed E-state index contributed by atoms with van der Waals surface area (Å²) in [4.78, 5) is 16.2. The van der Waals surface area contributed by atoms with E-state index in [4.69, 9.17) is 5.73 Å². The van der Waals surface area contributed by atoms with Crippen molar-refractivity contribution in [1.29, 1.82) is 0 Å². The van der Waals surface area contributed by atoms with Gasteiger partial charge in [-0.05, 0) is 40.3 Å². The van der Waals surface area contributed by atoms with E-state index >= 15 is 0 Å². The van der Waals surface area contributed by atoms with Crippen molar-refractivity contribution in [3.63, 3.8) is 0 Å². The van der Waals surface area contributed by atoms with E-state index in [1.54, 1.807) is 0 Å². The van der Waals surface area contributed by atoms with Crippen LogP contribution < -0.4 is 5.73 Å². The van der Waals surface area contributed by atoms with Crippen LogP contribution in [0.1, 0.15) is 26.7 Å². The summed E-state index contributed by atoms with van der Waals surface area (Å²) in [5, 5.41) is 0. The van der Waals surface area contributed by atoms with Crippen molar-refractivity contribution in [3.8, 4) is 0 Å². The Morgan fingerprint density at radius 3 is 2.60 bits per heavy atom. The van der Waals surface area contributed by atoms with E-state index in [0.29, 0.717) is 6.54 Å². The van der Waals surface area contributed by atoms with Crippen molar-refractivity contribution < 1.29 is 4.79 Å². The lowest BCUT2D eigenvalue weighted by molar-refractivity contribution is -0.137. The molecule has 88 valence electrons. The van der Waals surface area contributed by atoms with Crippen LogP contribution in [0.2, 0.25) is 0 Å². The van der Waals surface area contributed by atoms with Gasteiger partial charge in [-0.2, -0.15) is 0 Å². The molecular formula is C11H23N3O. The SMILES string of the molecule is CN1CCC(C)(C)N(C)C(=O)C1CCN. The molecule has 1 atom stereocenters. The van der Waals surface area contributed by atoms with Crippen molar-refractivity contribution in [1.82, 2.24) is 9.80 Å². The maximum absolute atomic E-state index is 12.2. The summed E-state index contributed by atoms with van der Waals surface area (Å²) < 4.78 is 0. The highest BCUT2D eigenvalue weighted by molar-refractivity contribution is 5.82. The second-order valence-corrected chi connectivity index (χ2v) is 5.03. The fourth-order valence-corrected chi connectivity index (χ4v) is 1.99. The number of rotatable bonds is 2. The molecule has 4 heteroatoms. The molecule has 2 N–H and O–H groups in total. The van der Waals surface area contributed by atoms with Crippen LogP contribution in [-0.2, 0) is 4.79 Å². The highest BCUT2D eigenvalue weighted by atomic mass is 16.2. The van der Waals surface area contributed by atoms with Gasteiger partial charge in [-0.3, -0.25) is 9.69 Å². The predicted molar refractivity (Wildman–Crippen MR) is 61.6 cm³/mol. The number of carbonyl (C=O) groups excluding carboxylic acids is 1. The van der Waals surface area contributed by atoms with Gasteiger partial charge in [0.2, 0.25) is 5.91 Å². The molecule has 0 spiro atoms. The summed E-state index contributed by atoms with van der Waals surface area (Å²) in [6, 6.07) is -0.0400. The minimum atomic E-state index is -0.0469. The Labute approximate surface area is 92.4 Å². The normalized spacial score (nSPS) is 27.9. The molecule has 1 aliphatic heterocycles. The van der Waals surface area contributed by atoms with Crippen LogP contribution in [-0.4, -0.2) is 54.5 Å². The van der Waals surface area contributed by atoms with E-state index in [-0.39, 0.29) is 17.5 Å². The van der Waals surface area contributed by atoms with Crippen molar-refractivity contribution in [2.45, 2.75) is 38.3 Å². The second-order valence-electron chi connectivity index (χ2n) is 5.03. The first-order valence-electron chi connectivity index (χ1n) is 5.58. The Bertz CT molecular complexity index is 240. The van der Waals surface area contributed by atoms with Crippen LogP contribution in [0.5, 0.6) is 0 Å². The Hall–Kier alpha value is -0.610. The fraction of sp³-hybridized carbons (Fsp3) is 0.909. The third-order valence-electron chi connectivity index (χ3n) is 3.57. The number of likely N-dealkylation sites (N-methyl/N-ethyl adjacent to an activating group) is 2. The molecule has 1 amide bonds. The summed E-state index contributed by atoms with van der Waals surface area (Å²) >= 11 is 0. The van der Waals surface area contributed by atoms with Crippen molar-refractivity contribution in [3.05, 3.63) is 0 Å². The standard InChI is InChI=1S/C11H23N3O/c1-11(2)6-8-13(3)9(5-7-12)10(15)14(11)4/h9H,5-8,12H2,1-4H3. The first-order valence-corrected chi connectivity index (χ1v) is 5.58. The Kier molecular flexibility index (Phi) is 3.73. The molecule has 0 bridgehead atoms. The first kappa shape index (κ1) is 12.5. The lowest BCUT2D eigenvalue weighted by Gasteiger charge is -2.34. The largest absolute Gasteiger partial charge is 0.339 e. The zero-order valence-electron chi connectivity index (χ0n) is 10.3. The molecule has 0 aromatic heterocycles. The molecule has 1 heterocycles. The number of hydrogen-bond acceptors (Lipinski definition) is 3. The molecule has 1 unspecified atom stereocenters. The van der Waals surface area contributed by atoms with Gasteiger partial charge in [-0.1, -0.05) is 0 Å². The summed E-state index contributed by atoms with van der Waals surface area (Å²) in [5.74, 6) is 0.199. The number of hydrogen-bond donors (Lipinski definition) is 1. The highest BCUT2D eigenvalue weighted by Gasteiger charge is 2.37. The number of nitrogens with zero attached hydrogens (tertiary/aromatic N) is 2. The number of amides is 1.